The molecule has 7 nitrogen and oxygen atoms in total. The SMILES string of the molecule is O=C(Nc1ccc(N2CCC(NCC[C@@H](c3ccccc3)c3ccco3)CC2)cc1)c1cnccn1. The van der Waals surface area contributed by atoms with Crippen molar-refractivity contribution >= 4 is 17.3 Å². The summed E-state index contributed by atoms with van der Waals surface area (Å²) in [5, 5.41) is 6.65. The molecular formula is C29H31N5O2. The lowest BCUT2D eigenvalue weighted by Crippen LogP contribution is -2.43. The molecule has 2 aromatic heterocycles. The second kappa shape index (κ2) is 11.6. The summed E-state index contributed by atoms with van der Waals surface area (Å²) in [6, 6.07) is 23.1. The van der Waals surface area contributed by atoms with Crippen LogP contribution in [-0.4, -0.2) is 41.6 Å². The number of carbonyl (C=O) groups excluding carboxylic acids is 1. The van der Waals surface area contributed by atoms with Gasteiger partial charge in [-0.2, -0.15) is 0 Å². The molecule has 0 radical (unpaired) electrons. The average molecular weight is 482 g/mol. The van der Waals surface area contributed by atoms with Crippen LogP contribution in [-0.2, 0) is 0 Å². The van der Waals surface area contributed by atoms with Gasteiger partial charge in [0.05, 0.1) is 12.5 Å². The Bertz CT molecular complexity index is 1210. The minimum absolute atomic E-state index is 0.260. The van der Waals surface area contributed by atoms with Crippen molar-refractivity contribution in [1.29, 1.82) is 0 Å². The van der Waals surface area contributed by atoms with E-state index in [1.165, 1.54) is 23.6 Å². The van der Waals surface area contributed by atoms with Crippen LogP contribution in [0.1, 0.15) is 47.0 Å². The zero-order valence-corrected chi connectivity index (χ0v) is 20.2. The number of piperidine rings is 1. The van der Waals surface area contributed by atoms with Crippen molar-refractivity contribution in [3.05, 3.63) is 109 Å². The van der Waals surface area contributed by atoms with Crippen LogP contribution in [0.3, 0.4) is 0 Å². The molecular weight excluding hydrogens is 450 g/mol. The maximum absolute atomic E-state index is 12.3. The summed E-state index contributed by atoms with van der Waals surface area (Å²) in [4.78, 5) is 22.7. The van der Waals surface area contributed by atoms with Gasteiger partial charge in [0, 0.05) is 48.8 Å². The molecule has 0 bridgehead atoms. The Hall–Kier alpha value is -3.97. The number of carbonyl (C=O) groups is 1. The second-order valence-electron chi connectivity index (χ2n) is 9.07. The minimum Gasteiger partial charge on any atom is -0.469 e. The molecule has 5 rings (SSSR count). The lowest BCUT2D eigenvalue weighted by Gasteiger charge is -2.34. The molecule has 7 heteroatoms. The molecule has 2 aromatic carbocycles. The third kappa shape index (κ3) is 5.98. The molecule has 0 aliphatic carbocycles. The Morgan fingerprint density at radius 2 is 1.81 bits per heavy atom. The van der Waals surface area contributed by atoms with Crippen LogP contribution in [0.5, 0.6) is 0 Å². The van der Waals surface area contributed by atoms with Gasteiger partial charge in [0.2, 0.25) is 0 Å². The fraction of sp³-hybridized carbons (Fsp3) is 0.276. The Kier molecular flexibility index (Phi) is 7.68. The molecule has 1 aliphatic rings. The predicted octanol–water partition coefficient (Wildman–Crippen LogP) is 5.10. The van der Waals surface area contributed by atoms with Crippen LogP contribution in [0.2, 0.25) is 0 Å². The van der Waals surface area contributed by atoms with E-state index in [0.717, 1.165) is 50.3 Å². The van der Waals surface area contributed by atoms with Gasteiger partial charge in [-0.05, 0) is 67.8 Å². The maximum atomic E-state index is 12.3. The van der Waals surface area contributed by atoms with E-state index in [9.17, 15) is 4.79 Å². The number of hydrogen-bond acceptors (Lipinski definition) is 6. The number of aromatic nitrogens is 2. The van der Waals surface area contributed by atoms with E-state index in [2.05, 4.69) is 74.0 Å². The van der Waals surface area contributed by atoms with Crippen LogP contribution >= 0.6 is 0 Å². The average Bonchev–Trinajstić information content (AvgIpc) is 3.48. The number of benzene rings is 2. The van der Waals surface area contributed by atoms with E-state index in [1.807, 2.05) is 18.2 Å². The highest BCUT2D eigenvalue weighted by molar-refractivity contribution is 6.02. The van der Waals surface area contributed by atoms with Crippen molar-refractivity contribution < 1.29 is 9.21 Å². The summed E-state index contributed by atoms with van der Waals surface area (Å²) in [5.74, 6) is 1.03. The van der Waals surface area contributed by atoms with Crippen molar-refractivity contribution in [2.75, 3.05) is 29.9 Å². The van der Waals surface area contributed by atoms with Crippen molar-refractivity contribution in [3.63, 3.8) is 0 Å². The monoisotopic (exact) mass is 481 g/mol. The maximum Gasteiger partial charge on any atom is 0.275 e. The quantitative estimate of drug-likeness (QED) is 0.346. The standard InChI is InChI=1S/C29H31N5O2/c35-29(27-21-30-16-17-32-27)33-24-8-10-25(11-9-24)34-18-13-23(14-19-34)31-15-12-26(28-7-4-20-36-28)22-5-2-1-3-6-22/h1-11,16-17,20-21,23,26,31H,12-15,18-19H2,(H,33,35)/t26-/m0/s1. The Balaban J connectivity index is 1.09. The van der Waals surface area contributed by atoms with E-state index in [-0.39, 0.29) is 11.8 Å². The van der Waals surface area contributed by atoms with Crippen molar-refractivity contribution in [1.82, 2.24) is 15.3 Å². The zero-order valence-electron chi connectivity index (χ0n) is 20.2. The third-order valence-electron chi connectivity index (χ3n) is 6.74. The summed E-state index contributed by atoms with van der Waals surface area (Å²) in [5.41, 5.74) is 3.51. The molecule has 1 atom stereocenters. The summed E-state index contributed by atoms with van der Waals surface area (Å²) in [6.07, 6.45) is 9.47. The van der Waals surface area contributed by atoms with E-state index >= 15 is 0 Å². The number of amides is 1. The van der Waals surface area contributed by atoms with E-state index in [0.29, 0.717) is 11.7 Å². The molecule has 1 fully saturated rings. The Morgan fingerprint density at radius 3 is 2.50 bits per heavy atom. The lowest BCUT2D eigenvalue weighted by molar-refractivity contribution is 0.102. The fourth-order valence-corrected chi connectivity index (χ4v) is 4.79. The minimum atomic E-state index is -0.260. The number of nitrogens with zero attached hydrogens (tertiary/aromatic N) is 3. The topological polar surface area (TPSA) is 83.3 Å². The van der Waals surface area contributed by atoms with Crippen LogP contribution in [0.4, 0.5) is 11.4 Å². The molecule has 1 saturated heterocycles. The molecule has 0 saturated carbocycles. The smallest absolute Gasteiger partial charge is 0.275 e. The van der Waals surface area contributed by atoms with E-state index < -0.39 is 0 Å². The second-order valence-corrected chi connectivity index (χ2v) is 9.07. The van der Waals surface area contributed by atoms with Gasteiger partial charge >= 0.3 is 0 Å². The van der Waals surface area contributed by atoms with Gasteiger partial charge in [-0.1, -0.05) is 30.3 Å². The highest BCUT2D eigenvalue weighted by atomic mass is 16.3. The summed E-state index contributed by atoms with van der Waals surface area (Å²) in [7, 11) is 0. The van der Waals surface area contributed by atoms with Gasteiger partial charge < -0.3 is 20.0 Å². The number of hydrogen-bond donors (Lipinski definition) is 2. The van der Waals surface area contributed by atoms with Crippen LogP contribution in [0.15, 0.2) is 96.0 Å². The molecule has 36 heavy (non-hydrogen) atoms. The van der Waals surface area contributed by atoms with E-state index in [1.54, 1.807) is 12.5 Å². The highest BCUT2D eigenvalue weighted by Crippen LogP contribution is 2.28. The number of nitrogens with one attached hydrogen (secondary N) is 2. The van der Waals surface area contributed by atoms with Gasteiger partial charge in [0.25, 0.3) is 5.91 Å². The lowest BCUT2D eigenvalue weighted by atomic mass is 9.93. The van der Waals surface area contributed by atoms with Crippen LogP contribution in [0.25, 0.3) is 0 Å². The van der Waals surface area contributed by atoms with Gasteiger partial charge in [-0.3, -0.25) is 9.78 Å². The largest absolute Gasteiger partial charge is 0.469 e. The first-order valence-electron chi connectivity index (χ1n) is 12.5. The summed E-state index contributed by atoms with van der Waals surface area (Å²) in [6.45, 7) is 2.96. The fourth-order valence-electron chi connectivity index (χ4n) is 4.79. The first-order valence-corrected chi connectivity index (χ1v) is 12.5. The van der Waals surface area contributed by atoms with Crippen LogP contribution < -0.4 is 15.5 Å². The van der Waals surface area contributed by atoms with Gasteiger partial charge in [-0.25, -0.2) is 4.98 Å². The molecule has 1 aliphatic heterocycles. The number of rotatable bonds is 9. The van der Waals surface area contributed by atoms with Crippen LogP contribution in [0, 0.1) is 0 Å². The normalized spacial score (nSPS) is 14.9. The molecule has 0 spiro atoms. The first-order chi connectivity index (χ1) is 17.8. The highest BCUT2D eigenvalue weighted by Gasteiger charge is 2.21. The predicted molar refractivity (Wildman–Crippen MR) is 141 cm³/mol. The Labute approximate surface area is 211 Å². The molecule has 4 aromatic rings. The zero-order chi connectivity index (χ0) is 24.6. The van der Waals surface area contributed by atoms with Gasteiger partial charge in [-0.15, -0.1) is 0 Å². The third-order valence-corrected chi connectivity index (χ3v) is 6.74. The summed E-state index contributed by atoms with van der Waals surface area (Å²) < 4.78 is 5.74. The van der Waals surface area contributed by atoms with Gasteiger partial charge in [0.15, 0.2) is 0 Å². The van der Waals surface area contributed by atoms with Crippen molar-refractivity contribution in [2.24, 2.45) is 0 Å². The van der Waals surface area contributed by atoms with Crippen molar-refractivity contribution in [2.45, 2.75) is 31.2 Å². The molecule has 184 valence electrons. The first kappa shape index (κ1) is 23.8. The van der Waals surface area contributed by atoms with Gasteiger partial charge in [0.1, 0.15) is 11.5 Å². The summed E-state index contributed by atoms with van der Waals surface area (Å²) >= 11 is 0. The molecule has 3 heterocycles. The Morgan fingerprint density at radius 1 is 1.00 bits per heavy atom. The number of furan rings is 1. The van der Waals surface area contributed by atoms with E-state index in [4.69, 9.17) is 4.42 Å². The van der Waals surface area contributed by atoms with Crippen molar-refractivity contribution in [3.8, 4) is 0 Å². The molecule has 0 unspecified atom stereocenters. The molecule has 1 amide bonds. The number of anilines is 2. The molecule has 2 N–H and O–H groups in total.